The number of imidazole rings is 1. The van der Waals surface area contributed by atoms with Gasteiger partial charge in [0.15, 0.2) is 0 Å². The maximum atomic E-state index is 13.1. The van der Waals surface area contributed by atoms with Gasteiger partial charge < -0.3 is 10.4 Å². The Morgan fingerprint density at radius 3 is 2.90 bits per heavy atom. The van der Waals surface area contributed by atoms with Gasteiger partial charge in [0, 0.05) is 24.0 Å². The van der Waals surface area contributed by atoms with Crippen LogP contribution in [0.4, 0.5) is 5.82 Å². The van der Waals surface area contributed by atoms with Crippen molar-refractivity contribution >= 4 is 29.0 Å². The normalized spacial score (nSPS) is 10.6. The largest absolute Gasteiger partial charge is 0.839 e. The number of nitriles is 1. The summed E-state index contributed by atoms with van der Waals surface area (Å²) in [5, 5.41) is 25.0. The van der Waals surface area contributed by atoms with Crippen LogP contribution in [0.25, 0.3) is 5.65 Å². The van der Waals surface area contributed by atoms with Gasteiger partial charge in [-0.2, -0.15) is 9.66 Å². The fourth-order valence-corrected chi connectivity index (χ4v) is 3.08. The first-order chi connectivity index (χ1) is 14.1. The first-order valence-corrected chi connectivity index (χ1v) is 8.92. The lowest BCUT2D eigenvalue weighted by Crippen LogP contribution is -2.37. The molecule has 0 spiro atoms. The van der Waals surface area contributed by atoms with Crippen molar-refractivity contribution in [3.63, 3.8) is 0 Å². The molecular weight excluding hydrogens is 392 g/mol. The minimum Gasteiger partial charge on any atom is -0.839 e. The highest BCUT2D eigenvalue weighted by Crippen LogP contribution is 2.18. The molecule has 0 aliphatic heterocycles. The molecule has 0 aromatic carbocycles. The maximum absolute atomic E-state index is 13.1. The maximum Gasteiger partial charge on any atom is 0.300 e. The summed E-state index contributed by atoms with van der Waals surface area (Å²) in [5.41, 5.74) is 1.61. The lowest BCUT2D eigenvalue weighted by atomic mass is 10.3. The molecule has 0 radical (unpaired) electrons. The van der Waals surface area contributed by atoms with Crippen molar-refractivity contribution in [1.82, 2.24) is 14.4 Å². The molecule has 1 N–H and O–H groups in total. The lowest BCUT2D eigenvalue weighted by molar-refractivity contribution is -0.704. The predicted octanol–water partition coefficient (Wildman–Crippen LogP) is 1.92. The molecule has 0 atom stereocenters. The van der Waals surface area contributed by atoms with Gasteiger partial charge in [-0.15, -0.1) is 0 Å². The fourth-order valence-electron chi connectivity index (χ4n) is 2.96. The van der Waals surface area contributed by atoms with E-state index in [2.05, 4.69) is 15.3 Å². The van der Waals surface area contributed by atoms with Crippen LogP contribution in [-0.2, 0) is 6.54 Å². The molecule has 142 valence electrons. The third-order valence-corrected chi connectivity index (χ3v) is 4.50. The summed E-state index contributed by atoms with van der Waals surface area (Å²) in [7, 11) is 0. The van der Waals surface area contributed by atoms with Crippen LogP contribution in [0.15, 0.2) is 61.1 Å². The zero-order chi connectivity index (χ0) is 20.4. The second kappa shape index (κ2) is 7.58. The topological polar surface area (TPSA) is 110 Å². The minimum atomic E-state index is -0.619. The van der Waals surface area contributed by atoms with Crippen LogP contribution in [0.3, 0.4) is 0 Å². The summed E-state index contributed by atoms with van der Waals surface area (Å²) in [4.78, 5) is 20.9. The van der Waals surface area contributed by atoms with Gasteiger partial charge in [-0.05, 0) is 24.3 Å². The molecular formula is C20H13ClN6O2. The van der Waals surface area contributed by atoms with E-state index in [1.54, 1.807) is 42.7 Å². The van der Waals surface area contributed by atoms with E-state index in [0.717, 1.165) is 5.56 Å². The molecule has 0 bridgehead atoms. The van der Waals surface area contributed by atoms with Gasteiger partial charge in [0.05, 0.1) is 17.8 Å². The second-order valence-corrected chi connectivity index (χ2v) is 6.54. The number of carbonyl (C=O) groups excluding carboxylic acids is 1. The Kier molecular flexibility index (Phi) is 4.81. The van der Waals surface area contributed by atoms with Gasteiger partial charge in [-0.3, -0.25) is 4.79 Å². The molecule has 8 nitrogen and oxygen atoms in total. The van der Waals surface area contributed by atoms with E-state index in [4.69, 9.17) is 16.9 Å². The van der Waals surface area contributed by atoms with Crippen LogP contribution in [0.1, 0.15) is 21.6 Å². The van der Waals surface area contributed by atoms with Crippen molar-refractivity contribution in [2.24, 2.45) is 0 Å². The van der Waals surface area contributed by atoms with Crippen molar-refractivity contribution in [2.45, 2.75) is 6.54 Å². The molecule has 0 saturated carbocycles. The van der Waals surface area contributed by atoms with Crippen molar-refractivity contribution in [3.05, 3.63) is 83.0 Å². The monoisotopic (exact) mass is 404 g/mol. The highest BCUT2D eigenvalue weighted by molar-refractivity contribution is 6.29. The number of pyridine rings is 3. The number of hydrogen-bond acceptors (Lipinski definition) is 5. The summed E-state index contributed by atoms with van der Waals surface area (Å²) in [5.74, 6) is -0.889. The second-order valence-electron chi connectivity index (χ2n) is 6.15. The van der Waals surface area contributed by atoms with Crippen LogP contribution in [0.2, 0.25) is 5.15 Å². The number of aromatic nitrogens is 4. The Morgan fingerprint density at radius 1 is 1.28 bits per heavy atom. The molecule has 0 aliphatic rings. The summed E-state index contributed by atoms with van der Waals surface area (Å²) in [6.07, 6.45) is 4.63. The van der Waals surface area contributed by atoms with E-state index >= 15 is 0 Å². The number of nitrogens with zero attached hydrogens (tertiary/aromatic N) is 5. The molecule has 29 heavy (non-hydrogen) atoms. The van der Waals surface area contributed by atoms with Gasteiger partial charge in [-0.1, -0.05) is 23.7 Å². The van der Waals surface area contributed by atoms with E-state index in [0.29, 0.717) is 16.4 Å². The average molecular weight is 405 g/mol. The van der Waals surface area contributed by atoms with Gasteiger partial charge in [0.1, 0.15) is 23.4 Å². The summed E-state index contributed by atoms with van der Waals surface area (Å²) in [6.45, 7) is 0.228. The van der Waals surface area contributed by atoms with Gasteiger partial charge in [0.2, 0.25) is 5.69 Å². The van der Waals surface area contributed by atoms with Gasteiger partial charge >= 0.3 is 0 Å². The summed E-state index contributed by atoms with van der Waals surface area (Å²) in [6, 6.07) is 13.6. The number of fused-ring (bicyclic) bond motifs is 1. The predicted molar refractivity (Wildman–Crippen MR) is 102 cm³/mol. The van der Waals surface area contributed by atoms with Crippen molar-refractivity contribution in [2.75, 3.05) is 5.32 Å². The van der Waals surface area contributed by atoms with E-state index in [1.165, 1.54) is 27.3 Å². The molecule has 9 heteroatoms. The van der Waals surface area contributed by atoms with Crippen molar-refractivity contribution in [1.29, 1.82) is 5.26 Å². The first kappa shape index (κ1) is 18.4. The van der Waals surface area contributed by atoms with Crippen LogP contribution >= 0.6 is 11.6 Å². The highest BCUT2D eigenvalue weighted by atomic mass is 35.5. The Labute approximate surface area is 170 Å². The standard InChI is InChI=1S/C20H13ClN6O2/c21-15-5-4-14(11-24-15)12-27-17-3-1-2-8-26(17)18(20(27)29)19(28)25-16-9-13(10-22)6-7-23-16/h1-9,11H,12H2,(H-,23,25,28,29). The smallest absolute Gasteiger partial charge is 0.300 e. The molecule has 0 saturated heterocycles. The molecule has 0 unspecified atom stereocenters. The molecule has 4 aromatic heterocycles. The van der Waals surface area contributed by atoms with E-state index < -0.39 is 11.8 Å². The van der Waals surface area contributed by atoms with Crippen LogP contribution in [0, 0.1) is 11.3 Å². The van der Waals surface area contributed by atoms with Crippen LogP contribution < -0.4 is 15.0 Å². The molecule has 4 aromatic rings. The number of halogens is 1. The minimum absolute atomic E-state index is 0.0633. The first-order valence-electron chi connectivity index (χ1n) is 8.54. The van der Waals surface area contributed by atoms with Gasteiger partial charge in [-0.25, -0.2) is 14.5 Å². The number of hydrogen-bond donors (Lipinski definition) is 1. The number of anilines is 1. The van der Waals surface area contributed by atoms with E-state index in [1.807, 2.05) is 6.07 Å². The SMILES string of the molecule is N#Cc1ccnc(NC(=O)c2c([O-])[n+](Cc3ccc(Cl)nc3)c3ccccn23)c1. The third kappa shape index (κ3) is 3.59. The Balaban J connectivity index is 1.74. The Bertz CT molecular complexity index is 1260. The molecule has 0 aliphatic carbocycles. The lowest BCUT2D eigenvalue weighted by Gasteiger charge is -2.07. The van der Waals surface area contributed by atoms with Crippen LogP contribution in [-0.4, -0.2) is 20.3 Å². The zero-order valence-corrected chi connectivity index (χ0v) is 15.7. The molecule has 0 fully saturated rings. The van der Waals surface area contributed by atoms with Crippen molar-refractivity contribution in [3.8, 4) is 11.9 Å². The van der Waals surface area contributed by atoms with Crippen molar-refractivity contribution < 1.29 is 14.5 Å². The quantitative estimate of drug-likeness (QED) is 0.412. The van der Waals surface area contributed by atoms with Crippen LogP contribution in [0.5, 0.6) is 5.88 Å². The molecule has 4 rings (SSSR count). The molecule has 4 heterocycles. The fraction of sp³-hybridized carbons (Fsp3) is 0.0500. The number of rotatable bonds is 4. The molecule has 1 amide bonds. The Hall–Kier alpha value is -3.96. The zero-order valence-electron chi connectivity index (χ0n) is 14.9. The van der Waals surface area contributed by atoms with E-state index in [9.17, 15) is 9.90 Å². The summed E-state index contributed by atoms with van der Waals surface area (Å²) < 4.78 is 3.01. The Morgan fingerprint density at radius 2 is 2.14 bits per heavy atom. The highest BCUT2D eigenvalue weighted by Gasteiger charge is 2.25. The number of carbonyl (C=O) groups is 1. The van der Waals surface area contributed by atoms with Gasteiger partial charge in [0.25, 0.3) is 11.6 Å². The average Bonchev–Trinajstić information content (AvgIpc) is 3.01. The third-order valence-electron chi connectivity index (χ3n) is 4.28. The van der Waals surface area contributed by atoms with E-state index in [-0.39, 0.29) is 18.1 Å². The summed E-state index contributed by atoms with van der Waals surface area (Å²) >= 11 is 5.82. The number of amides is 1. The number of nitrogens with one attached hydrogen (secondary N) is 1.